The number of anilines is 1. The van der Waals surface area contributed by atoms with Crippen LogP contribution in [0.2, 0.25) is 5.02 Å². The molecule has 7 heteroatoms. The van der Waals surface area contributed by atoms with E-state index in [0.29, 0.717) is 10.6 Å². The van der Waals surface area contributed by atoms with Gasteiger partial charge in [0, 0.05) is 10.7 Å². The Morgan fingerprint density at radius 2 is 1.81 bits per heavy atom. The van der Waals surface area contributed by atoms with Crippen molar-refractivity contribution in [3.63, 3.8) is 0 Å². The van der Waals surface area contributed by atoms with Gasteiger partial charge in [0.05, 0.1) is 11.6 Å². The van der Waals surface area contributed by atoms with Crippen molar-refractivity contribution in [1.29, 1.82) is 0 Å². The number of nitrogens with two attached hydrogens (primary N) is 2. The third kappa shape index (κ3) is 3.47. The van der Waals surface area contributed by atoms with E-state index in [4.69, 9.17) is 23.2 Å². The molecule has 0 aliphatic rings. The molecule has 0 aliphatic heterocycles. The maximum absolute atomic E-state index is 12.8. The number of hydrogen-bond donors (Lipinski definition) is 3. The van der Waals surface area contributed by atoms with Crippen molar-refractivity contribution in [3.8, 4) is 0 Å². The molecule has 1 unspecified atom stereocenters. The van der Waals surface area contributed by atoms with Crippen LogP contribution in [0.15, 0.2) is 42.5 Å². The molecule has 5 N–H and O–H groups in total. The minimum atomic E-state index is -4.45. The fourth-order valence-electron chi connectivity index (χ4n) is 2.05. The summed E-state index contributed by atoms with van der Waals surface area (Å²) in [7, 11) is 0. The van der Waals surface area contributed by atoms with Crippen LogP contribution in [0.1, 0.15) is 22.7 Å². The first-order valence-corrected chi connectivity index (χ1v) is 6.39. The molecule has 0 bridgehead atoms. The molecule has 0 fully saturated rings. The molecule has 3 nitrogen and oxygen atoms in total. The molecule has 0 aliphatic carbocycles. The summed E-state index contributed by atoms with van der Waals surface area (Å²) in [5, 5.41) is 0.457. The summed E-state index contributed by atoms with van der Waals surface area (Å²) in [6.07, 6.45) is -4.45. The summed E-state index contributed by atoms with van der Waals surface area (Å²) >= 11 is 5.90. The van der Waals surface area contributed by atoms with Crippen LogP contribution in [0.5, 0.6) is 0 Å². The van der Waals surface area contributed by atoms with Crippen LogP contribution in [-0.4, -0.2) is 0 Å². The highest BCUT2D eigenvalue weighted by molar-refractivity contribution is 6.30. The first-order chi connectivity index (χ1) is 9.82. The Labute approximate surface area is 124 Å². The van der Waals surface area contributed by atoms with Gasteiger partial charge in [0.15, 0.2) is 0 Å². The molecule has 2 rings (SSSR count). The van der Waals surface area contributed by atoms with Crippen LogP contribution in [0.4, 0.5) is 18.9 Å². The molecule has 0 amide bonds. The van der Waals surface area contributed by atoms with E-state index in [1.54, 1.807) is 24.3 Å². The second-order valence-corrected chi connectivity index (χ2v) is 4.93. The molecule has 0 spiro atoms. The molecular weight excluding hydrogens is 303 g/mol. The molecule has 21 heavy (non-hydrogen) atoms. The lowest BCUT2D eigenvalue weighted by molar-refractivity contribution is -0.137. The zero-order valence-electron chi connectivity index (χ0n) is 10.8. The molecule has 0 aromatic heterocycles. The molecule has 112 valence electrons. The number of rotatable bonds is 3. The van der Waals surface area contributed by atoms with E-state index >= 15 is 0 Å². The van der Waals surface area contributed by atoms with Crippen LogP contribution < -0.4 is 17.0 Å². The predicted octanol–water partition coefficient (Wildman–Crippen LogP) is 3.49. The average Bonchev–Trinajstić information content (AvgIpc) is 2.40. The van der Waals surface area contributed by atoms with Crippen molar-refractivity contribution < 1.29 is 13.2 Å². The molecular formula is C14H13ClF3N3. The Morgan fingerprint density at radius 1 is 1.10 bits per heavy atom. The molecule has 0 radical (unpaired) electrons. The van der Waals surface area contributed by atoms with Gasteiger partial charge in [-0.25, -0.2) is 5.43 Å². The molecule has 2 aromatic rings. The van der Waals surface area contributed by atoms with E-state index in [1.807, 2.05) is 0 Å². The maximum atomic E-state index is 12.8. The van der Waals surface area contributed by atoms with Crippen LogP contribution in [0.3, 0.4) is 0 Å². The van der Waals surface area contributed by atoms with Crippen molar-refractivity contribution in [2.24, 2.45) is 5.84 Å². The predicted molar refractivity (Wildman–Crippen MR) is 76.5 cm³/mol. The Morgan fingerprint density at radius 3 is 2.38 bits per heavy atom. The number of hydrogen-bond acceptors (Lipinski definition) is 3. The number of hydrazine groups is 1. The minimum absolute atomic E-state index is 0.214. The van der Waals surface area contributed by atoms with Gasteiger partial charge in [0.2, 0.25) is 0 Å². The van der Waals surface area contributed by atoms with Crippen molar-refractivity contribution >= 4 is 17.3 Å². The number of alkyl halides is 3. The Kier molecular flexibility index (Phi) is 4.41. The van der Waals surface area contributed by atoms with E-state index in [1.165, 1.54) is 6.07 Å². The Balaban J connectivity index is 2.52. The van der Waals surface area contributed by atoms with E-state index < -0.39 is 17.8 Å². The second-order valence-electron chi connectivity index (χ2n) is 4.50. The van der Waals surface area contributed by atoms with Gasteiger partial charge in [-0.2, -0.15) is 13.2 Å². The topological polar surface area (TPSA) is 64.1 Å². The highest BCUT2D eigenvalue weighted by Gasteiger charge is 2.31. The lowest BCUT2D eigenvalue weighted by Crippen LogP contribution is -2.29. The van der Waals surface area contributed by atoms with E-state index in [0.717, 1.165) is 12.1 Å². The van der Waals surface area contributed by atoms with Crippen LogP contribution in [0.25, 0.3) is 0 Å². The van der Waals surface area contributed by atoms with Gasteiger partial charge < -0.3 is 5.73 Å². The summed E-state index contributed by atoms with van der Waals surface area (Å²) in [5.41, 5.74) is 8.56. The third-order valence-corrected chi connectivity index (χ3v) is 3.31. The lowest BCUT2D eigenvalue weighted by atomic mass is 9.96. The first-order valence-electron chi connectivity index (χ1n) is 6.01. The number of nitrogens with one attached hydrogen (secondary N) is 1. The number of nitrogen functional groups attached to an aromatic ring is 1. The molecule has 0 saturated carbocycles. The molecule has 2 aromatic carbocycles. The van der Waals surface area contributed by atoms with Crippen LogP contribution in [0, 0.1) is 0 Å². The molecule has 0 heterocycles. The molecule has 1 atom stereocenters. The van der Waals surface area contributed by atoms with Gasteiger partial charge in [0.1, 0.15) is 0 Å². The van der Waals surface area contributed by atoms with E-state index in [9.17, 15) is 13.2 Å². The van der Waals surface area contributed by atoms with Gasteiger partial charge in [0.25, 0.3) is 0 Å². The van der Waals surface area contributed by atoms with Crippen molar-refractivity contribution in [2.75, 3.05) is 5.73 Å². The summed E-state index contributed by atoms with van der Waals surface area (Å²) in [6.45, 7) is 0. The standard InChI is InChI=1S/C14H13ClF3N3/c15-10-3-1-2-8(6-10)13(21-20)11-7-9(14(16,17)18)4-5-12(11)19/h1-7,13,21H,19-20H2. The Hall–Kier alpha value is -1.76. The second kappa shape index (κ2) is 5.93. The third-order valence-electron chi connectivity index (χ3n) is 3.07. The van der Waals surface area contributed by atoms with Gasteiger partial charge in [-0.05, 0) is 41.5 Å². The van der Waals surface area contributed by atoms with Crippen molar-refractivity contribution in [3.05, 3.63) is 64.2 Å². The zero-order valence-corrected chi connectivity index (χ0v) is 11.5. The largest absolute Gasteiger partial charge is 0.416 e. The summed E-state index contributed by atoms with van der Waals surface area (Å²) in [6, 6.07) is 9.12. The quantitative estimate of drug-likeness (QED) is 0.461. The van der Waals surface area contributed by atoms with E-state index in [2.05, 4.69) is 5.43 Å². The van der Waals surface area contributed by atoms with Crippen LogP contribution in [-0.2, 0) is 6.18 Å². The van der Waals surface area contributed by atoms with Gasteiger partial charge >= 0.3 is 6.18 Å². The van der Waals surface area contributed by atoms with Crippen molar-refractivity contribution in [1.82, 2.24) is 5.43 Å². The monoisotopic (exact) mass is 315 g/mol. The fraction of sp³-hybridized carbons (Fsp3) is 0.143. The lowest BCUT2D eigenvalue weighted by Gasteiger charge is -2.20. The van der Waals surface area contributed by atoms with Gasteiger partial charge in [-0.3, -0.25) is 5.84 Å². The summed E-state index contributed by atoms with van der Waals surface area (Å²) in [5.74, 6) is 5.49. The molecule has 0 saturated heterocycles. The van der Waals surface area contributed by atoms with Gasteiger partial charge in [-0.15, -0.1) is 0 Å². The smallest absolute Gasteiger partial charge is 0.398 e. The number of halogens is 4. The number of benzene rings is 2. The minimum Gasteiger partial charge on any atom is -0.398 e. The van der Waals surface area contributed by atoms with Gasteiger partial charge in [-0.1, -0.05) is 23.7 Å². The summed E-state index contributed by atoms with van der Waals surface area (Å²) in [4.78, 5) is 0. The normalized spacial score (nSPS) is 13.2. The summed E-state index contributed by atoms with van der Waals surface area (Å²) < 4.78 is 38.5. The first kappa shape index (κ1) is 15.6. The zero-order chi connectivity index (χ0) is 15.6. The maximum Gasteiger partial charge on any atom is 0.416 e. The van der Waals surface area contributed by atoms with Crippen LogP contribution >= 0.6 is 11.6 Å². The highest BCUT2D eigenvalue weighted by Crippen LogP contribution is 2.35. The Bertz CT molecular complexity index is 644. The van der Waals surface area contributed by atoms with Crippen molar-refractivity contribution in [2.45, 2.75) is 12.2 Å². The highest BCUT2D eigenvalue weighted by atomic mass is 35.5. The average molecular weight is 316 g/mol. The van der Waals surface area contributed by atoms with E-state index in [-0.39, 0.29) is 11.3 Å². The SMILES string of the molecule is NNC(c1cccc(Cl)c1)c1cc(C(F)(F)F)ccc1N. The fourth-order valence-corrected chi connectivity index (χ4v) is 2.25.